The minimum atomic E-state index is -0.355. The van der Waals surface area contributed by atoms with Crippen LogP contribution in [0.4, 0.5) is 10.2 Å². The minimum Gasteiger partial charge on any atom is -0.363 e. The number of benzene rings is 1. The molecule has 0 atom stereocenters. The Morgan fingerprint density at radius 1 is 1.52 bits per heavy atom. The number of nitrogens with one attached hydrogen (secondary N) is 2. The number of halogens is 3. The van der Waals surface area contributed by atoms with Crippen molar-refractivity contribution in [3.05, 3.63) is 45.3 Å². The van der Waals surface area contributed by atoms with Gasteiger partial charge in [-0.1, -0.05) is 17.7 Å². The maximum absolute atomic E-state index is 13.8. The fourth-order valence-electron chi connectivity index (χ4n) is 1.72. The van der Waals surface area contributed by atoms with E-state index in [9.17, 15) is 4.39 Å². The topological polar surface area (TPSA) is 41.9 Å². The first-order chi connectivity index (χ1) is 10.0. The van der Waals surface area contributed by atoms with Crippen molar-refractivity contribution >= 4 is 50.7 Å². The molecule has 0 aliphatic heterocycles. The number of thiocarbonyl (C=S) groups is 1. The van der Waals surface area contributed by atoms with E-state index in [1.807, 2.05) is 6.92 Å². The van der Waals surface area contributed by atoms with Crippen LogP contribution in [0.25, 0.3) is 0 Å². The second-order valence-corrected chi connectivity index (χ2v) is 5.88. The lowest BCUT2D eigenvalue weighted by Gasteiger charge is -2.07. The molecule has 0 radical (unpaired) electrons. The highest BCUT2D eigenvalue weighted by molar-refractivity contribution is 9.10. The average Bonchev–Trinajstić information content (AvgIpc) is 2.75. The van der Waals surface area contributed by atoms with Gasteiger partial charge in [0.25, 0.3) is 0 Å². The highest BCUT2D eigenvalue weighted by Crippen LogP contribution is 2.23. The molecule has 0 spiro atoms. The van der Waals surface area contributed by atoms with E-state index in [2.05, 4.69) is 31.7 Å². The molecule has 0 aliphatic carbocycles. The third-order valence-corrected chi connectivity index (χ3v) is 3.85. The highest BCUT2D eigenvalue weighted by Gasteiger charge is 2.12. The molecule has 0 aliphatic rings. The van der Waals surface area contributed by atoms with E-state index in [0.29, 0.717) is 21.5 Å². The summed E-state index contributed by atoms with van der Waals surface area (Å²) >= 11 is 14.5. The lowest BCUT2D eigenvalue weighted by atomic mass is 10.2. The molecule has 2 rings (SSSR count). The fourth-order valence-corrected chi connectivity index (χ4v) is 2.60. The molecule has 1 aromatic carbocycles. The summed E-state index contributed by atoms with van der Waals surface area (Å²) in [5.41, 5.74) is 0.398. The molecule has 0 amide bonds. The summed E-state index contributed by atoms with van der Waals surface area (Å²) in [6.45, 7) is 2.90. The zero-order chi connectivity index (χ0) is 15.4. The van der Waals surface area contributed by atoms with Gasteiger partial charge in [0.1, 0.15) is 5.82 Å². The Kier molecular flexibility index (Phi) is 5.55. The largest absolute Gasteiger partial charge is 0.363 e. The van der Waals surface area contributed by atoms with Crippen LogP contribution >= 0.6 is 39.7 Å². The van der Waals surface area contributed by atoms with Crippen LogP contribution < -0.4 is 10.6 Å². The molecule has 21 heavy (non-hydrogen) atoms. The summed E-state index contributed by atoms with van der Waals surface area (Å²) in [5.74, 6) is 0.209. The van der Waals surface area contributed by atoms with E-state index in [0.717, 1.165) is 11.0 Å². The molecule has 1 heterocycles. The second kappa shape index (κ2) is 7.20. The smallest absolute Gasteiger partial charge is 0.172 e. The van der Waals surface area contributed by atoms with Crippen molar-refractivity contribution in [1.82, 2.24) is 15.1 Å². The Morgan fingerprint density at radius 3 is 2.95 bits per heavy atom. The quantitative estimate of drug-likeness (QED) is 0.778. The van der Waals surface area contributed by atoms with Crippen molar-refractivity contribution < 1.29 is 4.39 Å². The molecule has 1 aromatic heterocycles. The summed E-state index contributed by atoms with van der Waals surface area (Å²) in [5, 5.41) is 11.1. The van der Waals surface area contributed by atoms with Gasteiger partial charge in [0, 0.05) is 23.3 Å². The van der Waals surface area contributed by atoms with E-state index in [4.69, 9.17) is 23.8 Å². The van der Waals surface area contributed by atoms with Crippen molar-refractivity contribution in [2.24, 2.45) is 0 Å². The molecular formula is C13H13BrClFN4S. The van der Waals surface area contributed by atoms with Crippen LogP contribution in [0.5, 0.6) is 0 Å². The summed E-state index contributed by atoms with van der Waals surface area (Å²) in [6, 6.07) is 4.60. The molecule has 2 aromatic rings. The first-order valence-electron chi connectivity index (χ1n) is 6.22. The normalized spacial score (nSPS) is 10.5. The number of anilines is 1. The number of aromatic nitrogens is 2. The van der Waals surface area contributed by atoms with Crippen LogP contribution in [0.3, 0.4) is 0 Å². The molecule has 0 unspecified atom stereocenters. The van der Waals surface area contributed by atoms with Gasteiger partial charge in [-0.15, -0.1) is 0 Å². The summed E-state index contributed by atoms with van der Waals surface area (Å²) in [7, 11) is 0. The third kappa shape index (κ3) is 4.15. The Hall–Kier alpha value is -1.18. The Balaban J connectivity index is 2.17. The monoisotopic (exact) mass is 390 g/mol. The number of hydrogen-bond acceptors (Lipinski definition) is 2. The molecule has 0 bridgehead atoms. The molecule has 0 fully saturated rings. The Morgan fingerprint density at radius 2 is 2.29 bits per heavy atom. The highest BCUT2D eigenvalue weighted by atomic mass is 79.9. The average molecular weight is 392 g/mol. The standard InChI is InChI=1S/C13H13BrClFN4S/c1-2-17-13(21)18-12-9(14)7-20(19-12)6-8-10(15)4-3-5-11(8)16/h3-5,7H,2,6H2,1H3,(H2,17,18,19,21). The van der Waals surface area contributed by atoms with E-state index < -0.39 is 0 Å². The van der Waals surface area contributed by atoms with Crippen molar-refractivity contribution in [1.29, 1.82) is 0 Å². The van der Waals surface area contributed by atoms with Gasteiger partial charge in [0.05, 0.1) is 11.0 Å². The number of hydrogen-bond donors (Lipinski definition) is 2. The Labute approximate surface area is 140 Å². The SMILES string of the molecule is CCNC(=S)Nc1nn(Cc2c(F)cccc2Cl)cc1Br. The lowest BCUT2D eigenvalue weighted by Crippen LogP contribution is -2.28. The summed E-state index contributed by atoms with van der Waals surface area (Å²) in [4.78, 5) is 0. The summed E-state index contributed by atoms with van der Waals surface area (Å²) < 4.78 is 16.1. The van der Waals surface area contributed by atoms with Crippen molar-refractivity contribution in [2.45, 2.75) is 13.5 Å². The summed E-state index contributed by atoms with van der Waals surface area (Å²) in [6.07, 6.45) is 1.74. The first kappa shape index (κ1) is 16.2. The lowest BCUT2D eigenvalue weighted by molar-refractivity contribution is 0.586. The van der Waals surface area contributed by atoms with Gasteiger partial charge in [0.2, 0.25) is 0 Å². The molecule has 8 heteroatoms. The van der Waals surface area contributed by atoms with E-state index in [1.165, 1.54) is 6.07 Å². The molecule has 0 saturated heterocycles. The predicted molar refractivity (Wildman–Crippen MR) is 90.3 cm³/mol. The van der Waals surface area contributed by atoms with Gasteiger partial charge < -0.3 is 10.6 Å². The molecular weight excluding hydrogens is 379 g/mol. The van der Waals surface area contributed by atoms with Crippen LogP contribution in [0.15, 0.2) is 28.9 Å². The van der Waals surface area contributed by atoms with Crippen molar-refractivity contribution in [3.8, 4) is 0 Å². The van der Waals surface area contributed by atoms with Crippen LogP contribution in [0.2, 0.25) is 5.02 Å². The minimum absolute atomic E-state index is 0.236. The van der Waals surface area contributed by atoms with Gasteiger partial charge in [0.15, 0.2) is 10.9 Å². The maximum atomic E-state index is 13.8. The second-order valence-electron chi connectivity index (χ2n) is 4.21. The van der Waals surface area contributed by atoms with Crippen LogP contribution in [-0.2, 0) is 6.54 Å². The van der Waals surface area contributed by atoms with Crippen LogP contribution in [0.1, 0.15) is 12.5 Å². The third-order valence-electron chi connectivity index (χ3n) is 2.67. The van der Waals surface area contributed by atoms with Gasteiger partial charge in [-0.2, -0.15) is 5.10 Å². The van der Waals surface area contributed by atoms with Gasteiger partial charge in [-0.3, -0.25) is 4.68 Å². The first-order valence-corrected chi connectivity index (χ1v) is 7.80. The zero-order valence-electron chi connectivity index (χ0n) is 11.2. The van der Waals surface area contributed by atoms with E-state index in [-0.39, 0.29) is 12.4 Å². The molecule has 2 N–H and O–H groups in total. The van der Waals surface area contributed by atoms with Crippen LogP contribution in [-0.4, -0.2) is 21.4 Å². The number of nitrogens with zero attached hydrogens (tertiary/aromatic N) is 2. The molecule has 112 valence electrons. The van der Waals surface area contributed by atoms with Gasteiger partial charge in [-0.05, 0) is 47.2 Å². The number of rotatable bonds is 4. The Bertz CT molecular complexity index is 641. The van der Waals surface area contributed by atoms with E-state index in [1.54, 1.807) is 23.0 Å². The van der Waals surface area contributed by atoms with Gasteiger partial charge >= 0.3 is 0 Å². The molecule has 0 saturated carbocycles. The fraction of sp³-hybridized carbons (Fsp3) is 0.231. The van der Waals surface area contributed by atoms with E-state index >= 15 is 0 Å². The van der Waals surface area contributed by atoms with Crippen LogP contribution in [0, 0.1) is 5.82 Å². The zero-order valence-corrected chi connectivity index (χ0v) is 14.3. The van der Waals surface area contributed by atoms with Crippen molar-refractivity contribution in [3.63, 3.8) is 0 Å². The maximum Gasteiger partial charge on any atom is 0.172 e. The predicted octanol–water partition coefficient (Wildman–Crippen LogP) is 3.79. The van der Waals surface area contributed by atoms with Gasteiger partial charge in [-0.25, -0.2) is 4.39 Å². The molecule has 4 nitrogen and oxygen atoms in total. The van der Waals surface area contributed by atoms with Crippen molar-refractivity contribution in [2.75, 3.05) is 11.9 Å².